The van der Waals surface area contributed by atoms with Gasteiger partial charge in [0.2, 0.25) is 0 Å². The van der Waals surface area contributed by atoms with Crippen molar-refractivity contribution in [1.29, 1.82) is 0 Å². The maximum Gasteiger partial charge on any atom is 0.0759 e. The van der Waals surface area contributed by atoms with Gasteiger partial charge in [-0.05, 0) is 25.3 Å². The Labute approximate surface area is 111 Å². The zero-order valence-corrected chi connectivity index (χ0v) is 12.3. The maximum atomic E-state index is 4.20. The minimum atomic E-state index is 0.378. The van der Waals surface area contributed by atoms with Crippen LogP contribution < -0.4 is 5.32 Å². The number of hydrogen-bond acceptors (Lipinski definition) is 3. The molecule has 2 unspecified atom stereocenters. The van der Waals surface area contributed by atoms with E-state index in [9.17, 15) is 0 Å². The summed E-state index contributed by atoms with van der Waals surface area (Å²) < 4.78 is 2.05. The molecule has 0 amide bonds. The van der Waals surface area contributed by atoms with Gasteiger partial charge in [0.25, 0.3) is 0 Å². The van der Waals surface area contributed by atoms with Crippen LogP contribution in [-0.2, 0) is 6.54 Å². The molecule has 0 aliphatic rings. The van der Waals surface area contributed by atoms with Crippen molar-refractivity contribution < 1.29 is 0 Å². The molecule has 0 radical (unpaired) electrons. The maximum absolute atomic E-state index is 4.20. The van der Waals surface area contributed by atoms with Crippen LogP contribution in [0.4, 0.5) is 0 Å². The van der Waals surface area contributed by atoms with E-state index in [-0.39, 0.29) is 0 Å². The van der Waals surface area contributed by atoms with Crippen molar-refractivity contribution >= 4 is 0 Å². The molecule has 1 aromatic heterocycles. The molecule has 1 aromatic rings. The second kappa shape index (κ2) is 8.25. The zero-order chi connectivity index (χ0) is 13.4. The number of nitrogens with one attached hydrogen (secondary N) is 1. The molecular weight excluding hydrogens is 224 g/mol. The predicted molar refractivity (Wildman–Crippen MR) is 75.4 cm³/mol. The van der Waals surface area contributed by atoms with Gasteiger partial charge in [0.1, 0.15) is 0 Å². The molecule has 4 nitrogen and oxygen atoms in total. The van der Waals surface area contributed by atoms with Gasteiger partial charge in [0.05, 0.1) is 17.9 Å². The van der Waals surface area contributed by atoms with Gasteiger partial charge < -0.3 is 5.32 Å². The van der Waals surface area contributed by atoms with E-state index in [0.29, 0.717) is 12.0 Å². The summed E-state index contributed by atoms with van der Waals surface area (Å²) in [4.78, 5) is 0. The molecule has 2 atom stereocenters. The van der Waals surface area contributed by atoms with E-state index in [1.165, 1.54) is 25.0 Å². The van der Waals surface area contributed by atoms with Crippen molar-refractivity contribution in [3.8, 4) is 0 Å². The third-order valence-electron chi connectivity index (χ3n) is 3.41. The molecule has 0 saturated carbocycles. The fraction of sp³-hybridized carbons (Fsp3) is 0.857. The first-order valence-corrected chi connectivity index (χ1v) is 7.36. The van der Waals surface area contributed by atoms with Crippen LogP contribution >= 0.6 is 0 Å². The molecule has 0 bridgehead atoms. The van der Waals surface area contributed by atoms with E-state index in [1.807, 2.05) is 6.20 Å². The zero-order valence-electron chi connectivity index (χ0n) is 12.3. The molecule has 1 rings (SSSR count). The SMILES string of the molecule is CCCCC(C)C(NCC)c1cnnn1CCC. The van der Waals surface area contributed by atoms with Crippen molar-refractivity contribution in [3.63, 3.8) is 0 Å². The van der Waals surface area contributed by atoms with Crippen molar-refractivity contribution in [2.45, 2.75) is 66.0 Å². The lowest BCUT2D eigenvalue weighted by Crippen LogP contribution is -2.29. The van der Waals surface area contributed by atoms with E-state index in [1.54, 1.807) is 0 Å². The molecule has 0 fully saturated rings. The second-order valence-corrected chi connectivity index (χ2v) is 5.04. The highest BCUT2D eigenvalue weighted by atomic mass is 15.4. The predicted octanol–water partition coefficient (Wildman–Crippen LogP) is 3.17. The topological polar surface area (TPSA) is 42.7 Å². The van der Waals surface area contributed by atoms with Crippen LogP contribution in [-0.4, -0.2) is 21.5 Å². The van der Waals surface area contributed by atoms with Crippen molar-refractivity contribution in [2.75, 3.05) is 6.54 Å². The first kappa shape index (κ1) is 15.2. The van der Waals surface area contributed by atoms with Gasteiger partial charge >= 0.3 is 0 Å². The standard InChI is InChI=1S/C14H28N4/c1-5-8-9-12(4)14(15-7-3)13-11-16-17-18(13)10-6-2/h11-12,14-15H,5-10H2,1-4H3. The normalized spacial score (nSPS) is 14.7. The van der Waals surface area contributed by atoms with Crippen molar-refractivity contribution in [2.24, 2.45) is 5.92 Å². The molecule has 1 heterocycles. The number of aromatic nitrogens is 3. The minimum Gasteiger partial charge on any atom is -0.309 e. The summed E-state index contributed by atoms with van der Waals surface area (Å²) in [5.41, 5.74) is 1.24. The molecule has 0 aliphatic carbocycles. The third-order valence-corrected chi connectivity index (χ3v) is 3.41. The fourth-order valence-corrected chi connectivity index (χ4v) is 2.40. The molecule has 1 N–H and O–H groups in total. The lowest BCUT2D eigenvalue weighted by molar-refractivity contribution is 0.341. The molecule has 0 aromatic carbocycles. The van der Waals surface area contributed by atoms with Gasteiger partial charge in [-0.1, -0.05) is 45.7 Å². The van der Waals surface area contributed by atoms with Gasteiger partial charge in [-0.15, -0.1) is 5.10 Å². The average molecular weight is 252 g/mol. The Morgan fingerprint density at radius 2 is 2.06 bits per heavy atom. The van der Waals surface area contributed by atoms with E-state index in [4.69, 9.17) is 0 Å². The monoisotopic (exact) mass is 252 g/mol. The van der Waals surface area contributed by atoms with Crippen LogP contribution in [0.1, 0.15) is 65.1 Å². The summed E-state index contributed by atoms with van der Waals surface area (Å²) in [7, 11) is 0. The first-order valence-electron chi connectivity index (χ1n) is 7.36. The quantitative estimate of drug-likeness (QED) is 0.734. The Morgan fingerprint density at radius 3 is 2.67 bits per heavy atom. The number of aryl methyl sites for hydroxylation is 1. The van der Waals surface area contributed by atoms with Crippen LogP contribution in [0, 0.1) is 5.92 Å². The Morgan fingerprint density at radius 1 is 1.28 bits per heavy atom. The highest BCUT2D eigenvalue weighted by Crippen LogP contribution is 2.25. The summed E-state index contributed by atoms with van der Waals surface area (Å²) in [5.74, 6) is 0.624. The highest BCUT2D eigenvalue weighted by Gasteiger charge is 2.21. The second-order valence-electron chi connectivity index (χ2n) is 5.04. The summed E-state index contributed by atoms with van der Waals surface area (Å²) in [6, 6.07) is 0.378. The van der Waals surface area contributed by atoms with Gasteiger partial charge in [-0.3, -0.25) is 0 Å². The molecule has 18 heavy (non-hydrogen) atoms. The van der Waals surface area contributed by atoms with Crippen LogP contribution in [0.15, 0.2) is 6.20 Å². The fourth-order valence-electron chi connectivity index (χ4n) is 2.40. The van der Waals surface area contributed by atoms with E-state index in [2.05, 4.69) is 48.0 Å². The Balaban J connectivity index is 2.78. The number of hydrogen-bond donors (Lipinski definition) is 1. The van der Waals surface area contributed by atoms with Crippen LogP contribution in [0.25, 0.3) is 0 Å². The summed E-state index contributed by atoms with van der Waals surface area (Å²) >= 11 is 0. The highest BCUT2D eigenvalue weighted by molar-refractivity contribution is 5.04. The van der Waals surface area contributed by atoms with Crippen LogP contribution in [0.5, 0.6) is 0 Å². The van der Waals surface area contributed by atoms with Gasteiger partial charge in [0.15, 0.2) is 0 Å². The van der Waals surface area contributed by atoms with Gasteiger partial charge in [0, 0.05) is 6.54 Å². The number of unbranched alkanes of at least 4 members (excludes halogenated alkanes) is 1. The largest absolute Gasteiger partial charge is 0.309 e. The smallest absolute Gasteiger partial charge is 0.0759 e. The molecule has 0 spiro atoms. The number of rotatable bonds is 9. The van der Waals surface area contributed by atoms with Crippen LogP contribution in [0.3, 0.4) is 0 Å². The third kappa shape index (κ3) is 4.09. The lowest BCUT2D eigenvalue weighted by atomic mass is 9.93. The Hall–Kier alpha value is -0.900. The van der Waals surface area contributed by atoms with Crippen LogP contribution in [0.2, 0.25) is 0 Å². The van der Waals surface area contributed by atoms with Crippen molar-refractivity contribution in [3.05, 3.63) is 11.9 Å². The van der Waals surface area contributed by atoms with E-state index < -0.39 is 0 Å². The summed E-state index contributed by atoms with van der Waals surface area (Å²) in [6.45, 7) is 10.8. The minimum absolute atomic E-state index is 0.378. The summed E-state index contributed by atoms with van der Waals surface area (Å²) in [6.07, 6.45) is 6.82. The first-order chi connectivity index (χ1) is 8.74. The van der Waals surface area contributed by atoms with Gasteiger partial charge in [-0.2, -0.15) is 0 Å². The molecular formula is C14H28N4. The molecule has 0 aliphatic heterocycles. The molecule has 104 valence electrons. The average Bonchev–Trinajstić information content (AvgIpc) is 2.81. The molecule has 0 saturated heterocycles. The lowest BCUT2D eigenvalue weighted by Gasteiger charge is -2.25. The van der Waals surface area contributed by atoms with Gasteiger partial charge in [-0.25, -0.2) is 4.68 Å². The summed E-state index contributed by atoms with van der Waals surface area (Å²) in [5, 5.41) is 11.9. The number of nitrogens with zero attached hydrogens (tertiary/aromatic N) is 3. The molecule has 4 heteroatoms. The Bertz CT molecular complexity index is 321. The van der Waals surface area contributed by atoms with Crippen molar-refractivity contribution in [1.82, 2.24) is 20.3 Å². The van der Waals surface area contributed by atoms with E-state index in [0.717, 1.165) is 19.5 Å². The Kier molecular flexibility index (Phi) is 6.94. The van der Waals surface area contributed by atoms with E-state index >= 15 is 0 Å².